The molecule has 0 amide bonds. The summed E-state index contributed by atoms with van der Waals surface area (Å²) >= 11 is 0.560. The minimum Gasteiger partial charge on any atom is -0.398 e. The van der Waals surface area contributed by atoms with Crippen LogP contribution in [0.1, 0.15) is 18.1 Å². The van der Waals surface area contributed by atoms with Gasteiger partial charge in [-0.15, -0.1) is 4.33 Å². The molecule has 186 valence electrons. The minimum absolute atomic E-state index is 0.178. The number of nitrogen functional groups attached to an aromatic ring is 2. The van der Waals surface area contributed by atoms with Gasteiger partial charge in [0.25, 0.3) is 20.2 Å². The molecule has 0 radical (unpaired) electrons. The second-order valence-electron chi connectivity index (χ2n) is 7.22. The number of rotatable bonds is 7. The first kappa shape index (κ1) is 26.6. The van der Waals surface area contributed by atoms with E-state index in [1.165, 1.54) is 43.3 Å². The molecule has 0 fully saturated rings. The number of nitrogens with two attached hydrogens (primary N) is 2. The zero-order valence-electron chi connectivity index (χ0n) is 17.8. The van der Waals surface area contributed by atoms with Crippen molar-refractivity contribution in [3.05, 3.63) is 75.7 Å². The lowest BCUT2D eigenvalue weighted by Gasteiger charge is -2.19. The highest BCUT2D eigenvalue weighted by Crippen LogP contribution is 2.37. The van der Waals surface area contributed by atoms with Crippen molar-refractivity contribution in [3.63, 3.8) is 0 Å². The maximum absolute atomic E-state index is 11.9. The van der Waals surface area contributed by atoms with E-state index in [2.05, 4.69) is 9.37 Å². The first-order valence-electron chi connectivity index (χ1n) is 9.37. The highest BCUT2D eigenvalue weighted by atomic mass is 32.2. The van der Waals surface area contributed by atoms with Gasteiger partial charge < -0.3 is 11.5 Å². The van der Waals surface area contributed by atoms with Gasteiger partial charge >= 0.3 is 0 Å². The van der Waals surface area contributed by atoms with Crippen LogP contribution < -0.4 is 11.5 Å². The third-order valence-electron chi connectivity index (χ3n) is 4.90. The zero-order chi connectivity index (χ0) is 26.1. The number of hydrogen-bond donors (Lipinski definition) is 6. The standard InChI is InChI=1S/C20H19N3O9S3/c1-10-6-13(9-18(20(10)23)35(28,29)30)19(11-2-4-14(21)16(7-11)33-32-31-24)12-3-5-15(22)17(8-12)34(25,26)27/h2-9,23-24H,21-22H2,1H3,(H,25,26,27)(H,28,29,30)/b19-13+,23-20?. The molecule has 0 atom stereocenters. The quantitative estimate of drug-likeness (QED) is 0.0978. The van der Waals surface area contributed by atoms with Gasteiger partial charge in [0.1, 0.15) is 9.80 Å². The maximum Gasteiger partial charge on any atom is 0.296 e. The molecule has 0 heterocycles. The summed E-state index contributed by atoms with van der Waals surface area (Å²) < 4.78 is 71.3. The van der Waals surface area contributed by atoms with Crippen LogP contribution in [0, 0.1) is 5.41 Å². The zero-order valence-corrected chi connectivity index (χ0v) is 20.2. The van der Waals surface area contributed by atoms with Crippen molar-refractivity contribution in [2.75, 3.05) is 11.5 Å². The molecule has 35 heavy (non-hydrogen) atoms. The van der Waals surface area contributed by atoms with Crippen LogP contribution in [-0.4, -0.2) is 36.9 Å². The Balaban J connectivity index is 2.43. The fraction of sp³-hybridized carbons (Fsp3) is 0.0500. The molecule has 0 aromatic heterocycles. The Morgan fingerprint density at radius 1 is 0.943 bits per heavy atom. The predicted molar refractivity (Wildman–Crippen MR) is 129 cm³/mol. The van der Waals surface area contributed by atoms with Gasteiger partial charge in [0, 0.05) is 5.69 Å². The van der Waals surface area contributed by atoms with Crippen LogP contribution in [0.15, 0.2) is 74.4 Å². The summed E-state index contributed by atoms with van der Waals surface area (Å²) in [5.74, 6) is 0. The molecule has 2 aromatic rings. The first-order valence-corrected chi connectivity index (χ1v) is 13.0. The smallest absolute Gasteiger partial charge is 0.296 e. The lowest BCUT2D eigenvalue weighted by Crippen LogP contribution is -2.16. The van der Waals surface area contributed by atoms with Gasteiger partial charge in [-0.05, 0) is 71.2 Å². The van der Waals surface area contributed by atoms with E-state index >= 15 is 0 Å². The van der Waals surface area contributed by atoms with Crippen molar-refractivity contribution >= 4 is 54.9 Å². The normalized spacial score (nSPS) is 16.1. The number of anilines is 2. The van der Waals surface area contributed by atoms with Crippen molar-refractivity contribution in [2.45, 2.75) is 16.7 Å². The number of benzene rings is 2. The molecule has 3 rings (SSSR count). The summed E-state index contributed by atoms with van der Waals surface area (Å²) in [6.45, 7) is 1.46. The molecule has 0 saturated heterocycles. The number of allylic oxidation sites excluding steroid dienone is 5. The molecule has 0 spiro atoms. The average Bonchev–Trinajstić information content (AvgIpc) is 2.75. The summed E-state index contributed by atoms with van der Waals surface area (Å²) in [6.07, 6.45) is 2.52. The molecule has 0 aliphatic heterocycles. The molecule has 1 aliphatic carbocycles. The average molecular weight is 542 g/mol. The molecule has 2 aromatic carbocycles. The van der Waals surface area contributed by atoms with E-state index in [1.54, 1.807) is 0 Å². The second-order valence-corrected chi connectivity index (χ2v) is 10.7. The van der Waals surface area contributed by atoms with E-state index in [0.29, 0.717) is 17.6 Å². The van der Waals surface area contributed by atoms with E-state index in [4.69, 9.17) is 22.1 Å². The van der Waals surface area contributed by atoms with Gasteiger partial charge in [-0.3, -0.25) is 14.5 Å². The van der Waals surface area contributed by atoms with E-state index in [1.807, 2.05) is 0 Å². The van der Waals surface area contributed by atoms with Gasteiger partial charge in [0.05, 0.1) is 28.3 Å². The Hall–Kier alpha value is -3.02. The summed E-state index contributed by atoms with van der Waals surface area (Å²) in [5.41, 5.74) is 12.4. The van der Waals surface area contributed by atoms with Crippen molar-refractivity contribution < 1.29 is 40.6 Å². The van der Waals surface area contributed by atoms with Crippen LogP contribution in [0.25, 0.3) is 5.57 Å². The third-order valence-corrected chi connectivity index (χ3v) is 7.35. The monoisotopic (exact) mass is 541 g/mol. The molecular weight excluding hydrogens is 522 g/mol. The van der Waals surface area contributed by atoms with Gasteiger partial charge in [-0.25, -0.2) is 5.26 Å². The Labute approximate surface area is 204 Å². The lowest BCUT2D eigenvalue weighted by atomic mass is 9.89. The molecule has 0 saturated carbocycles. The van der Waals surface area contributed by atoms with E-state index in [9.17, 15) is 25.9 Å². The minimum atomic E-state index is -4.79. The number of nitrogens with one attached hydrogen (secondary N) is 1. The first-order chi connectivity index (χ1) is 16.2. The van der Waals surface area contributed by atoms with Crippen molar-refractivity contribution in [1.82, 2.24) is 0 Å². The van der Waals surface area contributed by atoms with Crippen LogP contribution in [0.3, 0.4) is 0 Å². The topological polar surface area (TPSA) is 223 Å². The van der Waals surface area contributed by atoms with Crippen LogP contribution in [0.2, 0.25) is 0 Å². The van der Waals surface area contributed by atoms with Crippen LogP contribution >= 0.6 is 12.0 Å². The second kappa shape index (κ2) is 9.92. The predicted octanol–water partition coefficient (Wildman–Crippen LogP) is 3.08. The Kier molecular flexibility index (Phi) is 7.53. The van der Waals surface area contributed by atoms with Gasteiger partial charge in [0.15, 0.2) is 0 Å². The molecule has 1 aliphatic rings. The van der Waals surface area contributed by atoms with Crippen molar-refractivity contribution in [2.24, 2.45) is 0 Å². The fourth-order valence-corrected chi connectivity index (χ4v) is 5.11. The summed E-state index contributed by atoms with van der Waals surface area (Å²) in [6, 6.07) is 8.25. The Morgan fingerprint density at radius 2 is 1.54 bits per heavy atom. The molecule has 12 nitrogen and oxygen atoms in total. The van der Waals surface area contributed by atoms with E-state index < -0.39 is 35.7 Å². The third kappa shape index (κ3) is 5.80. The summed E-state index contributed by atoms with van der Waals surface area (Å²) in [4.78, 5) is -0.987. The Bertz CT molecular complexity index is 1530. The van der Waals surface area contributed by atoms with Gasteiger partial charge in [0.2, 0.25) is 0 Å². The van der Waals surface area contributed by atoms with Gasteiger partial charge in [-0.1, -0.05) is 17.2 Å². The molecule has 8 N–H and O–H groups in total. The lowest BCUT2D eigenvalue weighted by molar-refractivity contribution is -0.432. The van der Waals surface area contributed by atoms with E-state index in [0.717, 1.165) is 12.1 Å². The highest BCUT2D eigenvalue weighted by molar-refractivity contribution is 7.94. The Morgan fingerprint density at radius 3 is 2.11 bits per heavy atom. The van der Waals surface area contributed by atoms with Crippen LogP contribution in [-0.2, 0) is 29.6 Å². The summed E-state index contributed by atoms with van der Waals surface area (Å²) in [7, 11) is -9.51. The molecule has 15 heteroatoms. The fourth-order valence-electron chi connectivity index (χ4n) is 3.33. The van der Waals surface area contributed by atoms with Crippen LogP contribution in [0.5, 0.6) is 0 Å². The van der Waals surface area contributed by atoms with Crippen LogP contribution in [0.4, 0.5) is 11.4 Å². The molecular formula is C20H19N3O9S3. The van der Waals surface area contributed by atoms with Gasteiger partial charge in [-0.2, -0.15) is 16.8 Å². The molecule has 0 bridgehead atoms. The highest BCUT2D eigenvalue weighted by Gasteiger charge is 2.26. The largest absolute Gasteiger partial charge is 0.398 e. The van der Waals surface area contributed by atoms with E-state index in [-0.39, 0.29) is 38.6 Å². The number of hydrogen-bond acceptors (Lipinski definition) is 11. The summed E-state index contributed by atoms with van der Waals surface area (Å²) in [5, 5.41) is 20.1. The maximum atomic E-state index is 11.9. The van der Waals surface area contributed by atoms with Crippen molar-refractivity contribution in [1.29, 1.82) is 5.41 Å². The van der Waals surface area contributed by atoms with Crippen molar-refractivity contribution in [3.8, 4) is 0 Å². The molecule has 0 unspecified atom stereocenters. The SMILES string of the molecule is CC1=C/C(=C(/c2ccc(N)c(SOOO)c2)c2ccc(N)c(S(=O)(=O)O)c2)C=C(S(=O)(=O)O)C1=N.